The highest BCUT2D eigenvalue weighted by molar-refractivity contribution is 6.04. The van der Waals surface area contributed by atoms with E-state index in [4.69, 9.17) is 0 Å². The van der Waals surface area contributed by atoms with Gasteiger partial charge in [0.05, 0.1) is 11.9 Å². The van der Waals surface area contributed by atoms with Crippen LogP contribution in [0.5, 0.6) is 0 Å². The fourth-order valence-electron chi connectivity index (χ4n) is 3.04. The minimum Gasteiger partial charge on any atom is -0.354 e. The number of rotatable bonds is 10. The summed E-state index contributed by atoms with van der Waals surface area (Å²) in [6.07, 6.45) is 8.58. The number of aryl methyl sites for hydroxylation is 2. The first-order valence-corrected chi connectivity index (χ1v) is 10.7. The zero-order chi connectivity index (χ0) is 22.9. The monoisotopic (exact) mass is 443 g/mol. The zero-order valence-corrected chi connectivity index (χ0v) is 18.3. The number of aromatic nitrogens is 6. The van der Waals surface area contributed by atoms with Crippen LogP contribution in [-0.4, -0.2) is 41.9 Å². The number of anilines is 4. The van der Waals surface area contributed by atoms with Crippen LogP contribution in [0.2, 0.25) is 0 Å². The lowest BCUT2D eigenvalue weighted by molar-refractivity contribution is 0.102. The van der Waals surface area contributed by atoms with Gasteiger partial charge in [0.1, 0.15) is 11.6 Å². The molecule has 0 fully saturated rings. The van der Waals surface area contributed by atoms with Crippen LogP contribution in [0.15, 0.2) is 67.4 Å². The topological polar surface area (TPSA) is 123 Å². The quantitative estimate of drug-likeness (QED) is 0.318. The third-order valence-electron chi connectivity index (χ3n) is 4.73. The van der Waals surface area contributed by atoms with Gasteiger partial charge in [-0.25, -0.2) is 9.97 Å². The van der Waals surface area contributed by atoms with Crippen LogP contribution in [0.1, 0.15) is 29.5 Å². The van der Waals surface area contributed by atoms with Gasteiger partial charge in [-0.1, -0.05) is 25.1 Å². The summed E-state index contributed by atoms with van der Waals surface area (Å²) < 4.78 is 2.02. The molecule has 0 saturated heterocycles. The van der Waals surface area contributed by atoms with E-state index in [1.165, 1.54) is 6.20 Å². The van der Waals surface area contributed by atoms with Crippen LogP contribution in [0.3, 0.4) is 0 Å². The summed E-state index contributed by atoms with van der Waals surface area (Å²) in [6, 6.07) is 12.7. The number of nitrogens with zero attached hydrogens (tertiary/aromatic N) is 6. The summed E-state index contributed by atoms with van der Waals surface area (Å²) in [5.41, 5.74) is 1.18. The second-order valence-corrected chi connectivity index (χ2v) is 7.21. The Morgan fingerprint density at radius 3 is 2.61 bits per heavy atom. The van der Waals surface area contributed by atoms with Crippen molar-refractivity contribution in [3.8, 4) is 0 Å². The standard InChI is InChI=1S/C23H25N9O/c1-2-19-28-22(25-11-6-13-32-14-12-24-16-32)31-23(29-19)30-20-10-9-17(15-26-20)21(33)27-18-7-4-3-5-8-18/h3-5,7-10,12,14-16H,2,6,11,13H2,1H3,(H,27,33)(H2,25,26,28,29,30,31). The van der Waals surface area contributed by atoms with Crippen molar-refractivity contribution in [3.05, 3.63) is 78.8 Å². The molecule has 3 N–H and O–H groups in total. The van der Waals surface area contributed by atoms with E-state index >= 15 is 0 Å². The van der Waals surface area contributed by atoms with Crippen LogP contribution in [0.25, 0.3) is 0 Å². The number of nitrogens with one attached hydrogen (secondary N) is 3. The second-order valence-electron chi connectivity index (χ2n) is 7.21. The average molecular weight is 444 g/mol. The molecule has 0 aliphatic heterocycles. The summed E-state index contributed by atoms with van der Waals surface area (Å²) in [4.78, 5) is 34.1. The van der Waals surface area contributed by atoms with E-state index in [0.717, 1.165) is 18.7 Å². The Labute approximate surface area is 191 Å². The molecule has 0 radical (unpaired) electrons. The Hall–Kier alpha value is -4.34. The van der Waals surface area contributed by atoms with Crippen LogP contribution >= 0.6 is 0 Å². The first-order valence-electron chi connectivity index (χ1n) is 10.7. The van der Waals surface area contributed by atoms with E-state index in [1.54, 1.807) is 24.7 Å². The van der Waals surface area contributed by atoms with E-state index < -0.39 is 0 Å². The summed E-state index contributed by atoms with van der Waals surface area (Å²) in [5.74, 6) is 1.88. The highest BCUT2D eigenvalue weighted by Crippen LogP contribution is 2.14. The van der Waals surface area contributed by atoms with Crippen molar-refractivity contribution < 1.29 is 4.79 Å². The predicted molar refractivity (Wildman–Crippen MR) is 126 cm³/mol. The molecule has 33 heavy (non-hydrogen) atoms. The highest BCUT2D eigenvalue weighted by Gasteiger charge is 2.09. The number of para-hydroxylation sites is 1. The molecule has 0 bridgehead atoms. The number of pyridine rings is 1. The Morgan fingerprint density at radius 1 is 1.03 bits per heavy atom. The van der Waals surface area contributed by atoms with Gasteiger partial charge < -0.3 is 20.5 Å². The molecule has 3 heterocycles. The van der Waals surface area contributed by atoms with Gasteiger partial charge in [-0.05, 0) is 30.7 Å². The fraction of sp³-hybridized carbons (Fsp3) is 0.217. The number of benzene rings is 1. The van der Waals surface area contributed by atoms with Crippen molar-refractivity contribution in [1.82, 2.24) is 29.5 Å². The normalized spacial score (nSPS) is 10.6. The fourth-order valence-corrected chi connectivity index (χ4v) is 3.04. The molecule has 3 aromatic heterocycles. The van der Waals surface area contributed by atoms with Gasteiger partial charge in [-0.2, -0.15) is 15.0 Å². The Morgan fingerprint density at radius 2 is 1.88 bits per heavy atom. The molecular formula is C23H25N9O. The highest BCUT2D eigenvalue weighted by atomic mass is 16.1. The van der Waals surface area contributed by atoms with Crippen LogP contribution < -0.4 is 16.0 Å². The van der Waals surface area contributed by atoms with Gasteiger partial charge in [-0.3, -0.25) is 4.79 Å². The molecular weight excluding hydrogens is 418 g/mol. The molecule has 0 spiro atoms. The lowest BCUT2D eigenvalue weighted by Gasteiger charge is -2.10. The van der Waals surface area contributed by atoms with Gasteiger partial charge in [0.2, 0.25) is 11.9 Å². The summed E-state index contributed by atoms with van der Waals surface area (Å²) in [7, 11) is 0. The van der Waals surface area contributed by atoms with Crippen LogP contribution in [0, 0.1) is 0 Å². The van der Waals surface area contributed by atoms with Crippen molar-refractivity contribution in [2.75, 3.05) is 22.5 Å². The molecule has 1 aromatic carbocycles. The average Bonchev–Trinajstić information content (AvgIpc) is 3.36. The molecule has 0 aliphatic rings. The van der Waals surface area contributed by atoms with Gasteiger partial charge in [0, 0.05) is 43.8 Å². The molecule has 1 amide bonds. The van der Waals surface area contributed by atoms with E-state index in [9.17, 15) is 4.79 Å². The molecule has 4 aromatic rings. The maximum absolute atomic E-state index is 12.4. The third-order valence-corrected chi connectivity index (χ3v) is 4.73. The van der Waals surface area contributed by atoms with Gasteiger partial charge in [-0.15, -0.1) is 0 Å². The minimum absolute atomic E-state index is 0.226. The summed E-state index contributed by atoms with van der Waals surface area (Å²) in [5, 5.41) is 9.17. The SMILES string of the molecule is CCc1nc(NCCCn2ccnc2)nc(Nc2ccc(C(=O)Nc3ccccc3)cn2)n1. The first kappa shape index (κ1) is 21.9. The first-order chi connectivity index (χ1) is 16.2. The van der Waals surface area contributed by atoms with E-state index in [1.807, 2.05) is 48.0 Å². The summed E-state index contributed by atoms with van der Waals surface area (Å²) in [6.45, 7) is 3.56. The Bertz CT molecular complexity index is 1160. The van der Waals surface area contributed by atoms with Crippen molar-refractivity contribution in [1.29, 1.82) is 0 Å². The van der Waals surface area contributed by atoms with Crippen LogP contribution in [0.4, 0.5) is 23.4 Å². The van der Waals surface area contributed by atoms with Crippen molar-refractivity contribution in [3.63, 3.8) is 0 Å². The lowest BCUT2D eigenvalue weighted by Crippen LogP contribution is -2.13. The molecule has 0 saturated carbocycles. The predicted octanol–water partition coefficient (Wildman–Crippen LogP) is 3.52. The number of carbonyl (C=O) groups excluding carboxylic acids is 1. The van der Waals surface area contributed by atoms with Crippen molar-refractivity contribution >= 4 is 29.3 Å². The Balaban J connectivity index is 1.36. The van der Waals surface area contributed by atoms with Gasteiger partial charge in [0.25, 0.3) is 5.91 Å². The zero-order valence-electron chi connectivity index (χ0n) is 18.3. The molecule has 0 unspecified atom stereocenters. The third kappa shape index (κ3) is 6.33. The minimum atomic E-state index is -0.226. The maximum Gasteiger partial charge on any atom is 0.257 e. The molecule has 0 aliphatic carbocycles. The maximum atomic E-state index is 12.4. The molecule has 0 atom stereocenters. The molecule has 10 nitrogen and oxygen atoms in total. The lowest BCUT2D eigenvalue weighted by atomic mass is 10.2. The molecule has 4 rings (SSSR count). The molecule has 10 heteroatoms. The number of imidazole rings is 1. The van der Waals surface area contributed by atoms with E-state index in [2.05, 4.69) is 40.9 Å². The largest absolute Gasteiger partial charge is 0.354 e. The number of hydrogen-bond donors (Lipinski definition) is 3. The number of hydrogen-bond acceptors (Lipinski definition) is 8. The van der Waals surface area contributed by atoms with E-state index in [-0.39, 0.29) is 5.91 Å². The van der Waals surface area contributed by atoms with Gasteiger partial charge in [0.15, 0.2) is 0 Å². The number of amides is 1. The second kappa shape index (κ2) is 10.8. The van der Waals surface area contributed by atoms with Crippen LogP contribution in [-0.2, 0) is 13.0 Å². The van der Waals surface area contributed by atoms with Crippen molar-refractivity contribution in [2.45, 2.75) is 26.3 Å². The van der Waals surface area contributed by atoms with Gasteiger partial charge >= 0.3 is 0 Å². The van der Waals surface area contributed by atoms with E-state index in [0.29, 0.717) is 42.1 Å². The smallest absolute Gasteiger partial charge is 0.257 e. The Kier molecular flexibility index (Phi) is 7.16. The van der Waals surface area contributed by atoms with Crippen molar-refractivity contribution in [2.24, 2.45) is 0 Å². The molecule has 168 valence electrons. The summed E-state index contributed by atoms with van der Waals surface area (Å²) >= 11 is 0. The number of carbonyl (C=O) groups is 1.